The zero-order chi connectivity index (χ0) is 3.41. The lowest BCUT2D eigenvalue weighted by Gasteiger charge is -1.29. The van der Waals surface area contributed by atoms with Gasteiger partial charge in [-0.05, 0) is 5.98 Å². The van der Waals surface area contributed by atoms with Crippen LogP contribution in [0.3, 0.4) is 0 Å². The largest absolute Gasteiger partial charge is 0.235 e. The minimum atomic E-state index is 1.32. The van der Waals surface area contributed by atoms with E-state index in [0.29, 0.717) is 0 Å². The van der Waals surface area contributed by atoms with Gasteiger partial charge >= 0.3 is 0 Å². The van der Waals surface area contributed by atoms with Gasteiger partial charge in [0.1, 0.15) is 13.8 Å². The molecule has 0 heterocycles. The predicted octanol–water partition coefficient (Wildman–Crippen LogP) is -1.04. The van der Waals surface area contributed by atoms with Crippen molar-refractivity contribution in [2.45, 2.75) is 0 Å². The number of hydrogen-bond acceptors (Lipinski definition) is 1. The van der Waals surface area contributed by atoms with Crippen molar-refractivity contribution in [3.05, 3.63) is 5.98 Å². The first-order valence-electron chi connectivity index (χ1n) is 1.07. The predicted molar refractivity (Wildman–Crippen MR) is 18.8 cm³/mol. The average molecular weight is 53.9 g/mol. The molecule has 0 fully saturated rings. The van der Waals surface area contributed by atoms with Crippen molar-refractivity contribution in [3.8, 4) is 0 Å². The molecule has 0 atom stereocenters. The van der Waals surface area contributed by atoms with Gasteiger partial charge in [-0.3, -0.25) is 0 Å². The third kappa shape index (κ3) is 1.51. The van der Waals surface area contributed by atoms with E-state index >= 15 is 0 Å². The highest BCUT2D eigenvalue weighted by atomic mass is 16.1. The number of hydrogen-bond donors (Lipinski definition) is 0. The van der Waals surface area contributed by atoms with Crippen molar-refractivity contribution in [1.82, 2.24) is 0 Å². The van der Waals surface area contributed by atoms with Crippen molar-refractivity contribution < 1.29 is 4.79 Å². The minimum absolute atomic E-state index is 1.32. The molecule has 0 saturated carbocycles. The van der Waals surface area contributed by atoms with Crippen LogP contribution < -0.4 is 0 Å². The van der Waals surface area contributed by atoms with Gasteiger partial charge in [-0.1, -0.05) is 0 Å². The smallest absolute Gasteiger partial charge is 0.144 e. The van der Waals surface area contributed by atoms with E-state index in [2.05, 4.69) is 0 Å². The molecule has 0 saturated heterocycles. The van der Waals surface area contributed by atoms with E-state index in [-0.39, 0.29) is 0 Å². The summed E-state index contributed by atoms with van der Waals surface area (Å²) in [6.45, 7) is 0. The van der Waals surface area contributed by atoms with Gasteiger partial charge in [0.15, 0.2) is 0 Å². The van der Waals surface area contributed by atoms with E-state index in [0.717, 1.165) is 0 Å². The molecule has 0 amide bonds. The lowest BCUT2D eigenvalue weighted by molar-refractivity contribution is 0.569. The first kappa shape index (κ1) is 3.51. The van der Waals surface area contributed by atoms with Gasteiger partial charge in [0.25, 0.3) is 0 Å². The Morgan fingerprint density at radius 3 is 2.25 bits per heavy atom. The SMILES string of the molecule is BC=C=O. The summed E-state index contributed by atoms with van der Waals surface area (Å²) in [5.74, 6) is 2.88. The van der Waals surface area contributed by atoms with Gasteiger partial charge in [0.2, 0.25) is 0 Å². The van der Waals surface area contributed by atoms with Crippen molar-refractivity contribution in [2.24, 2.45) is 0 Å². The maximum atomic E-state index is 8.99. The molecule has 0 radical (unpaired) electrons. The molecule has 4 heavy (non-hydrogen) atoms. The Morgan fingerprint density at radius 2 is 2.25 bits per heavy atom. The second-order valence-electron chi connectivity index (χ2n) is 0.407. The van der Waals surface area contributed by atoms with E-state index in [1.807, 2.05) is 0 Å². The van der Waals surface area contributed by atoms with Gasteiger partial charge in [-0.15, -0.1) is 0 Å². The van der Waals surface area contributed by atoms with E-state index < -0.39 is 0 Å². The standard InChI is InChI=1S/C2H3BO/c3-1-2-4/h1H,3H2. The Bertz CT molecular complexity index is 44.0. The molecule has 0 N–H and O–H groups in total. The maximum Gasteiger partial charge on any atom is 0.144 e. The van der Waals surface area contributed by atoms with Crippen LogP contribution in [0.25, 0.3) is 0 Å². The number of rotatable bonds is 0. The third-order valence-corrected chi connectivity index (χ3v) is 0.118. The van der Waals surface area contributed by atoms with Crippen LogP contribution in [-0.4, -0.2) is 13.8 Å². The highest BCUT2D eigenvalue weighted by Crippen LogP contribution is 1.22. The van der Waals surface area contributed by atoms with Crippen molar-refractivity contribution in [1.29, 1.82) is 0 Å². The maximum absolute atomic E-state index is 8.99. The molecule has 0 aromatic carbocycles. The molecule has 0 aliphatic rings. The Labute approximate surface area is 25.7 Å². The second-order valence-corrected chi connectivity index (χ2v) is 0.407. The van der Waals surface area contributed by atoms with Crippen LogP contribution in [0.4, 0.5) is 0 Å². The fourth-order valence-electron chi connectivity index (χ4n) is 0. The van der Waals surface area contributed by atoms with E-state index in [1.165, 1.54) is 5.98 Å². The van der Waals surface area contributed by atoms with Crippen molar-refractivity contribution in [3.63, 3.8) is 0 Å². The summed E-state index contributed by atoms with van der Waals surface area (Å²) in [7, 11) is 1.63. The van der Waals surface area contributed by atoms with E-state index in [9.17, 15) is 0 Å². The summed E-state index contributed by atoms with van der Waals surface area (Å²) in [4.78, 5) is 8.99. The van der Waals surface area contributed by atoms with Crippen LogP contribution in [-0.2, 0) is 4.79 Å². The molecule has 0 aliphatic carbocycles. The first-order chi connectivity index (χ1) is 1.91. The Balaban J connectivity index is 3.11. The molecule has 2 heteroatoms. The van der Waals surface area contributed by atoms with Gasteiger partial charge in [0, 0.05) is 0 Å². The van der Waals surface area contributed by atoms with Gasteiger partial charge < -0.3 is 0 Å². The first-order valence-corrected chi connectivity index (χ1v) is 1.07. The lowest BCUT2D eigenvalue weighted by atomic mass is 10.2. The van der Waals surface area contributed by atoms with Gasteiger partial charge in [-0.2, -0.15) is 0 Å². The van der Waals surface area contributed by atoms with Crippen LogP contribution in [0, 0.1) is 0 Å². The Morgan fingerprint density at radius 1 is 2.00 bits per heavy atom. The minimum Gasteiger partial charge on any atom is -0.235 e. The molecule has 0 aliphatic heterocycles. The quantitative estimate of drug-likeness (QED) is 0.255. The molecule has 0 aromatic heterocycles. The number of carbonyl (C=O) groups excluding carboxylic acids is 1. The molecular weight excluding hydrogens is 50.8 g/mol. The molecule has 0 unspecified atom stereocenters. The molecule has 20 valence electrons. The fraction of sp³-hybridized carbons (Fsp3) is 0. The van der Waals surface area contributed by atoms with Gasteiger partial charge in [0.05, 0.1) is 0 Å². The summed E-state index contributed by atoms with van der Waals surface area (Å²) in [5.41, 5.74) is 0. The molecule has 0 bridgehead atoms. The van der Waals surface area contributed by atoms with Crippen LogP contribution in [0.1, 0.15) is 0 Å². The second kappa shape index (κ2) is 2.51. The van der Waals surface area contributed by atoms with Crippen molar-refractivity contribution in [2.75, 3.05) is 0 Å². The van der Waals surface area contributed by atoms with Crippen LogP contribution in [0.2, 0.25) is 0 Å². The zero-order valence-electron chi connectivity index (χ0n) is 2.49. The van der Waals surface area contributed by atoms with Crippen LogP contribution in [0.15, 0.2) is 5.98 Å². The summed E-state index contributed by atoms with van der Waals surface area (Å²) in [6, 6.07) is 0. The Kier molecular flexibility index (Phi) is 2.21. The molecule has 0 spiro atoms. The monoisotopic (exact) mass is 54.0 g/mol. The van der Waals surface area contributed by atoms with E-state index in [1.54, 1.807) is 13.8 Å². The zero-order valence-corrected chi connectivity index (χ0v) is 2.49. The van der Waals surface area contributed by atoms with Gasteiger partial charge in [-0.25, -0.2) is 4.79 Å². The van der Waals surface area contributed by atoms with E-state index in [4.69, 9.17) is 4.79 Å². The summed E-state index contributed by atoms with van der Waals surface area (Å²) >= 11 is 0. The fourth-order valence-corrected chi connectivity index (χ4v) is 0. The summed E-state index contributed by atoms with van der Waals surface area (Å²) in [5, 5.41) is 0. The molecule has 0 rings (SSSR count). The summed E-state index contributed by atoms with van der Waals surface area (Å²) in [6.07, 6.45) is 0. The third-order valence-electron chi connectivity index (χ3n) is 0.118. The lowest BCUT2D eigenvalue weighted by Crippen LogP contribution is -1.44. The highest BCUT2D eigenvalue weighted by Gasteiger charge is 1.34. The highest BCUT2D eigenvalue weighted by molar-refractivity contribution is 6.20. The topological polar surface area (TPSA) is 17.1 Å². The van der Waals surface area contributed by atoms with Crippen molar-refractivity contribution >= 4 is 13.8 Å². The molecule has 1 nitrogen and oxygen atoms in total. The Hall–Kier alpha value is -0.485. The molecule has 0 aromatic rings. The van der Waals surface area contributed by atoms with Crippen LogP contribution in [0.5, 0.6) is 0 Å². The summed E-state index contributed by atoms with van der Waals surface area (Å²) < 4.78 is 0. The average Bonchev–Trinajstić information content (AvgIpc) is 1.37. The van der Waals surface area contributed by atoms with Crippen LogP contribution >= 0.6 is 0 Å². The molecular formula is C2H3BO. The normalized spacial score (nSPS) is 4.00.